The van der Waals surface area contributed by atoms with E-state index in [2.05, 4.69) is 46.8 Å². The average molecular weight is 419 g/mol. The summed E-state index contributed by atoms with van der Waals surface area (Å²) in [5.41, 5.74) is 1.85. The number of hydrogen-bond acceptors (Lipinski definition) is 2. The zero-order chi connectivity index (χ0) is 19.2. The fraction of sp³-hybridized carbons (Fsp3) is 0.190. The molecule has 0 aliphatic carbocycles. The molecule has 1 heterocycles. The number of halogens is 2. The Morgan fingerprint density at radius 1 is 1.19 bits per heavy atom. The quantitative estimate of drug-likeness (QED) is 0.468. The molecule has 1 aromatic heterocycles. The van der Waals surface area contributed by atoms with Crippen LogP contribution in [0.2, 0.25) is 5.02 Å². The molecule has 0 unspecified atom stereocenters. The van der Waals surface area contributed by atoms with Crippen LogP contribution in [0.1, 0.15) is 17.4 Å². The van der Waals surface area contributed by atoms with E-state index in [1.165, 1.54) is 16.5 Å². The number of benzene rings is 2. The standard InChI is InChI=1S/C21H20ClFN2S2/c1-15(12-18-8-5-11-27-18)25(14-16-6-3-2-4-7-16)21(26)24-17-9-10-20(23)19(22)13-17/h2-11,13,15H,12,14H2,1H3,(H,24,26)/t15-/m1/s1. The van der Waals surface area contributed by atoms with E-state index in [4.69, 9.17) is 23.8 Å². The summed E-state index contributed by atoms with van der Waals surface area (Å²) < 4.78 is 13.4. The Balaban J connectivity index is 1.78. The van der Waals surface area contributed by atoms with E-state index in [1.807, 2.05) is 18.2 Å². The SMILES string of the molecule is C[C@H](Cc1cccs1)N(Cc1ccccc1)C(=S)Nc1ccc(F)c(Cl)c1. The maximum absolute atomic E-state index is 13.4. The van der Waals surface area contributed by atoms with E-state index in [9.17, 15) is 4.39 Å². The van der Waals surface area contributed by atoms with Crippen LogP contribution in [0, 0.1) is 5.82 Å². The van der Waals surface area contributed by atoms with Gasteiger partial charge < -0.3 is 10.2 Å². The normalized spacial score (nSPS) is 11.8. The van der Waals surface area contributed by atoms with E-state index in [-0.39, 0.29) is 11.1 Å². The summed E-state index contributed by atoms with van der Waals surface area (Å²) in [6.07, 6.45) is 0.899. The van der Waals surface area contributed by atoms with Gasteiger partial charge in [-0.1, -0.05) is 48.0 Å². The summed E-state index contributed by atoms with van der Waals surface area (Å²) in [5.74, 6) is -0.444. The molecule has 2 aromatic carbocycles. The van der Waals surface area contributed by atoms with Crippen molar-refractivity contribution in [2.75, 3.05) is 5.32 Å². The molecule has 1 N–H and O–H groups in total. The molecular formula is C21H20ClFN2S2. The van der Waals surface area contributed by atoms with Crippen LogP contribution in [0.4, 0.5) is 10.1 Å². The Labute approximate surface area is 173 Å². The van der Waals surface area contributed by atoms with E-state index in [1.54, 1.807) is 23.5 Å². The molecule has 27 heavy (non-hydrogen) atoms. The second-order valence-corrected chi connectivity index (χ2v) is 8.13. The number of thiophene rings is 1. The van der Waals surface area contributed by atoms with E-state index < -0.39 is 5.82 Å². The Kier molecular flexibility index (Phi) is 6.83. The van der Waals surface area contributed by atoms with Crippen LogP contribution in [0.5, 0.6) is 0 Å². The van der Waals surface area contributed by atoms with E-state index in [0.717, 1.165) is 6.42 Å². The number of thiocarbonyl (C=S) groups is 1. The summed E-state index contributed by atoms with van der Waals surface area (Å²) in [4.78, 5) is 3.47. The van der Waals surface area contributed by atoms with Gasteiger partial charge in [0.1, 0.15) is 5.82 Å². The fourth-order valence-electron chi connectivity index (χ4n) is 2.81. The van der Waals surface area contributed by atoms with Crippen molar-refractivity contribution in [3.63, 3.8) is 0 Å². The molecule has 6 heteroatoms. The fourth-order valence-corrected chi connectivity index (χ4v) is 4.18. The summed E-state index contributed by atoms with van der Waals surface area (Å²) in [5, 5.41) is 5.95. The van der Waals surface area contributed by atoms with Crippen molar-refractivity contribution < 1.29 is 4.39 Å². The molecule has 0 spiro atoms. The monoisotopic (exact) mass is 418 g/mol. The number of hydrogen-bond donors (Lipinski definition) is 1. The topological polar surface area (TPSA) is 15.3 Å². The van der Waals surface area contributed by atoms with Gasteiger partial charge in [0, 0.05) is 29.6 Å². The van der Waals surface area contributed by atoms with Crippen LogP contribution in [-0.4, -0.2) is 16.1 Å². The lowest BCUT2D eigenvalue weighted by Crippen LogP contribution is -2.41. The molecule has 0 saturated heterocycles. The lowest BCUT2D eigenvalue weighted by atomic mass is 10.1. The Morgan fingerprint density at radius 2 is 1.96 bits per heavy atom. The van der Waals surface area contributed by atoms with Crippen LogP contribution < -0.4 is 5.32 Å². The molecule has 2 nitrogen and oxygen atoms in total. The summed E-state index contributed by atoms with van der Waals surface area (Å²) in [6, 6.07) is 19.1. The Hall–Kier alpha value is -1.95. The molecule has 0 aliphatic rings. The van der Waals surface area contributed by atoms with Crippen LogP contribution in [-0.2, 0) is 13.0 Å². The molecule has 140 valence electrons. The molecular weight excluding hydrogens is 399 g/mol. The van der Waals surface area contributed by atoms with Crippen molar-refractivity contribution in [2.24, 2.45) is 0 Å². The van der Waals surface area contributed by atoms with Gasteiger partial charge in [0.05, 0.1) is 5.02 Å². The largest absolute Gasteiger partial charge is 0.342 e. The predicted molar refractivity (Wildman–Crippen MR) is 117 cm³/mol. The van der Waals surface area contributed by atoms with Crippen LogP contribution in [0.15, 0.2) is 66.0 Å². The molecule has 1 atom stereocenters. The van der Waals surface area contributed by atoms with Gasteiger partial charge >= 0.3 is 0 Å². The van der Waals surface area contributed by atoms with Gasteiger partial charge in [-0.15, -0.1) is 11.3 Å². The third-order valence-corrected chi connectivity index (χ3v) is 5.76. The first-order valence-electron chi connectivity index (χ1n) is 8.62. The van der Waals surface area contributed by atoms with Crippen LogP contribution in [0.25, 0.3) is 0 Å². The van der Waals surface area contributed by atoms with Gasteiger partial charge in [0.2, 0.25) is 0 Å². The first-order chi connectivity index (χ1) is 13.0. The molecule has 3 rings (SSSR count). The van der Waals surface area contributed by atoms with Crippen molar-refractivity contribution in [1.82, 2.24) is 4.90 Å². The first kappa shape index (κ1) is 19.8. The highest BCUT2D eigenvalue weighted by Gasteiger charge is 2.19. The zero-order valence-corrected chi connectivity index (χ0v) is 17.3. The summed E-state index contributed by atoms with van der Waals surface area (Å²) >= 11 is 13.3. The average Bonchev–Trinajstić information content (AvgIpc) is 3.16. The number of nitrogens with one attached hydrogen (secondary N) is 1. The zero-order valence-electron chi connectivity index (χ0n) is 14.9. The molecule has 0 fully saturated rings. The van der Waals surface area contributed by atoms with Crippen LogP contribution >= 0.6 is 35.2 Å². The van der Waals surface area contributed by atoms with Gasteiger partial charge in [0.15, 0.2) is 5.11 Å². The van der Waals surface area contributed by atoms with E-state index >= 15 is 0 Å². The van der Waals surface area contributed by atoms with Crippen LogP contribution in [0.3, 0.4) is 0 Å². The van der Waals surface area contributed by atoms with Crippen molar-refractivity contribution in [3.05, 3.63) is 87.3 Å². The highest BCUT2D eigenvalue weighted by molar-refractivity contribution is 7.80. The third kappa shape index (κ3) is 5.51. The second kappa shape index (κ2) is 9.31. The summed E-state index contributed by atoms with van der Waals surface area (Å²) in [6.45, 7) is 2.85. The Morgan fingerprint density at radius 3 is 2.63 bits per heavy atom. The maximum atomic E-state index is 13.4. The van der Waals surface area contributed by atoms with E-state index in [0.29, 0.717) is 17.3 Å². The minimum Gasteiger partial charge on any atom is -0.342 e. The second-order valence-electron chi connectivity index (χ2n) is 6.31. The van der Waals surface area contributed by atoms with Crippen molar-refractivity contribution in [2.45, 2.75) is 25.9 Å². The molecule has 0 saturated carbocycles. The lowest BCUT2D eigenvalue weighted by Gasteiger charge is -2.32. The number of rotatable bonds is 6. The minimum absolute atomic E-state index is 0.0732. The number of anilines is 1. The smallest absolute Gasteiger partial charge is 0.173 e. The first-order valence-corrected chi connectivity index (χ1v) is 10.3. The van der Waals surface area contributed by atoms with Crippen molar-refractivity contribution in [1.29, 1.82) is 0 Å². The van der Waals surface area contributed by atoms with Gasteiger partial charge in [-0.25, -0.2) is 4.39 Å². The molecule has 0 amide bonds. The predicted octanol–water partition coefficient (Wildman–Crippen LogP) is 6.37. The molecule has 0 radical (unpaired) electrons. The molecule has 0 aliphatic heterocycles. The van der Waals surface area contributed by atoms with Gasteiger partial charge in [0.25, 0.3) is 0 Å². The van der Waals surface area contributed by atoms with Crippen molar-refractivity contribution in [3.8, 4) is 0 Å². The summed E-state index contributed by atoms with van der Waals surface area (Å²) in [7, 11) is 0. The highest BCUT2D eigenvalue weighted by Crippen LogP contribution is 2.22. The Bertz CT molecular complexity index is 884. The minimum atomic E-state index is -0.444. The van der Waals surface area contributed by atoms with Crippen molar-refractivity contribution >= 4 is 46.0 Å². The molecule has 0 bridgehead atoms. The van der Waals surface area contributed by atoms with Gasteiger partial charge in [-0.3, -0.25) is 0 Å². The van der Waals surface area contributed by atoms with Gasteiger partial charge in [-0.2, -0.15) is 0 Å². The maximum Gasteiger partial charge on any atom is 0.173 e. The molecule has 3 aromatic rings. The highest BCUT2D eigenvalue weighted by atomic mass is 35.5. The number of nitrogens with zero attached hydrogens (tertiary/aromatic N) is 1. The third-order valence-electron chi connectivity index (χ3n) is 4.24. The van der Waals surface area contributed by atoms with Gasteiger partial charge in [-0.05, 0) is 54.4 Å². The lowest BCUT2D eigenvalue weighted by molar-refractivity contribution is 0.326.